The number of nitrogens with one attached hydrogen (secondary N) is 2. The minimum atomic E-state index is -0.491. The zero-order valence-corrected chi connectivity index (χ0v) is 17.5. The number of carbonyl (C=O) groups is 1. The van der Waals surface area contributed by atoms with Crippen LogP contribution in [0.2, 0.25) is 0 Å². The van der Waals surface area contributed by atoms with Gasteiger partial charge in [0.25, 0.3) is 5.91 Å². The molecule has 4 aromatic carbocycles. The van der Waals surface area contributed by atoms with E-state index in [0.29, 0.717) is 16.9 Å². The molecule has 0 aliphatic rings. The third-order valence-electron chi connectivity index (χ3n) is 5.79. The molecule has 6 heteroatoms. The molecule has 158 valence electrons. The molecule has 0 unspecified atom stereocenters. The van der Waals surface area contributed by atoms with Gasteiger partial charge in [-0.1, -0.05) is 42.5 Å². The first-order chi connectivity index (χ1) is 16.2. The van der Waals surface area contributed by atoms with Crippen molar-refractivity contribution in [1.29, 1.82) is 0 Å². The molecular formula is C27H19N5O. The van der Waals surface area contributed by atoms with Gasteiger partial charge in [-0.3, -0.25) is 4.79 Å². The summed E-state index contributed by atoms with van der Waals surface area (Å²) < 4.78 is 0. The Morgan fingerprint density at radius 2 is 1.42 bits per heavy atom. The van der Waals surface area contributed by atoms with Gasteiger partial charge < -0.3 is 16.0 Å². The molecule has 0 bridgehead atoms. The van der Waals surface area contributed by atoms with Crippen LogP contribution in [0.1, 0.15) is 10.4 Å². The number of para-hydroxylation sites is 3. The molecule has 0 spiro atoms. The lowest BCUT2D eigenvalue weighted by atomic mass is 10.1. The molecule has 33 heavy (non-hydrogen) atoms. The first-order valence-corrected chi connectivity index (χ1v) is 10.6. The Hall–Kier alpha value is -4.71. The van der Waals surface area contributed by atoms with Crippen molar-refractivity contribution in [3.8, 4) is 11.4 Å². The maximum absolute atomic E-state index is 11.7. The number of nitrogens with zero attached hydrogens (tertiary/aromatic N) is 2. The molecule has 0 saturated carbocycles. The van der Waals surface area contributed by atoms with E-state index >= 15 is 0 Å². The van der Waals surface area contributed by atoms with Crippen molar-refractivity contribution >= 4 is 50.1 Å². The molecule has 6 aromatic rings. The molecular weight excluding hydrogens is 410 g/mol. The number of imidazole rings is 1. The van der Waals surface area contributed by atoms with E-state index in [2.05, 4.69) is 27.4 Å². The largest absolute Gasteiger partial charge is 0.366 e. The second-order valence-corrected chi connectivity index (χ2v) is 7.87. The molecule has 1 amide bonds. The number of primary amides is 1. The number of hydrogen-bond donors (Lipinski definition) is 3. The topological polar surface area (TPSA) is 96.7 Å². The predicted octanol–water partition coefficient (Wildman–Crippen LogP) is 5.77. The Morgan fingerprint density at radius 3 is 2.09 bits per heavy atom. The first-order valence-electron chi connectivity index (χ1n) is 10.6. The number of nitrogens with two attached hydrogens (primary N) is 1. The van der Waals surface area contributed by atoms with Gasteiger partial charge in [0.2, 0.25) is 0 Å². The smallest absolute Gasteiger partial charge is 0.250 e. The van der Waals surface area contributed by atoms with Crippen LogP contribution in [0.5, 0.6) is 0 Å². The predicted molar refractivity (Wildman–Crippen MR) is 133 cm³/mol. The summed E-state index contributed by atoms with van der Waals surface area (Å²) in [6, 6.07) is 29.6. The highest BCUT2D eigenvalue weighted by Gasteiger charge is 2.13. The maximum atomic E-state index is 11.7. The number of amides is 1. The van der Waals surface area contributed by atoms with Crippen LogP contribution in [0.3, 0.4) is 0 Å². The number of anilines is 2. The molecule has 6 rings (SSSR count). The number of pyridine rings is 1. The molecule has 0 atom stereocenters. The number of fused-ring (bicyclic) bond motifs is 3. The minimum absolute atomic E-state index is 0.407. The monoisotopic (exact) mass is 429 g/mol. The number of hydrogen-bond acceptors (Lipinski definition) is 4. The Labute approximate surface area is 189 Å². The number of H-pyrrole nitrogens is 1. The fraction of sp³-hybridized carbons (Fsp3) is 0. The SMILES string of the molecule is NC(=O)c1cccc2[nH]c(-c3ccc(Nc4c5ccccc5nc5ccccc45)cc3)nc12. The lowest BCUT2D eigenvalue weighted by Gasteiger charge is -2.13. The quantitative estimate of drug-likeness (QED) is 0.310. The molecule has 2 heterocycles. The lowest BCUT2D eigenvalue weighted by molar-refractivity contribution is 0.100. The molecule has 6 nitrogen and oxygen atoms in total. The van der Waals surface area contributed by atoms with Gasteiger partial charge in [-0.05, 0) is 48.5 Å². The maximum Gasteiger partial charge on any atom is 0.250 e. The first kappa shape index (κ1) is 19.0. The van der Waals surface area contributed by atoms with Gasteiger partial charge in [0.1, 0.15) is 11.3 Å². The van der Waals surface area contributed by atoms with Crippen molar-refractivity contribution < 1.29 is 4.79 Å². The van der Waals surface area contributed by atoms with Gasteiger partial charge in [-0.25, -0.2) is 9.97 Å². The normalized spacial score (nSPS) is 11.3. The van der Waals surface area contributed by atoms with Crippen LogP contribution in [0.25, 0.3) is 44.2 Å². The number of aromatic amines is 1. The van der Waals surface area contributed by atoms with Crippen molar-refractivity contribution in [2.24, 2.45) is 5.73 Å². The highest BCUT2D eigenvalue weighted by molar-refractivity contribution is 6.08. The van der Waals surface area contributed by atoms with Gasteiger partial charge in [-0.2, -0.15) is 0 Å². The van der Waals surface area contributed by atoms with E-state index in [1.165, 1.54) is 0 Å². The standard InChI is InChI=1S/C27H19N5O/c28-26(33)20-8-5-11-23-25(20)32-27(31-23)16-12-14-17(15-13-16)29-24-18-6-1-3-9-21(18)30-22-10-4-2-7-19(22)24/h1-15H,(H2,28,33)(H,29,30)(H,31,32). The summed E-state index contributed by atoms with van der Waals surface area (Å²) in [6.45, 7) is 0. The third-order valence-corrected chi connectivity index (χ3v) is 5.79. The van der Waals surface area contributed by atoms with Gasteiger partial charge >= 0.3 is 0 Å². The van der Waals surface area contributed by atoms with Crippen molar-refractivity contribution in [3.63, 3.8) is 0 Å². The third kappa shape index (κ3) is 3.25. The van der Waals surface area contributed by atoms with E-state index in [9.17, 15) is 4.79 Å². The minimum Gasteiger partial charge on any atom is -0.366 e. The average Bonchev–Trinajstić information content (AvgIpc) is 3.28. The zero-order valence-electron chi connectivity index (χ0n) is 17.5. The van der Waals surface area contributed by atoms with Crippen LogP contribution >= 0.6 is 0 Å². The molecule has 0 fully saturated rings. The summed E-state index contributed by atoms with van der Waals surface area (Å²) in [5.74, 6) is 0.195. The van der Waals surface area contributed by atoms with E-state index in [1.807, 2.05) is 66.7 Å². The highest BCUT2D eigenvalue weighted by atomic mass is 16.1. The fourth-order valence-corrected chi connectivity index (χ4v) is 4.20. The second kappa shape index (κ2) is 7.46. The molecule has 0 radical (unpaired) electrons. The van der Waals surface area contributed by atoms with Crippen molar-refractivity contribution in [2.45, 2.75) is 0 Å². The number of rotatable bonds is 4. The van der Waals surface area contributed by atoms with Crippen LogP contribution in [-0.4, -0.2) is 20.9 Å². The summed E-state index contributed by atoms with van der Waals surface area (Å²) >= 11 is 0. The van der Waals surface area contributed by atoms with Crippen molar-refractivity contribution in [3.05, 3.63) is 96.6 Å². The van der Waals surface area contributed by atoms with E-state index in [4.69, 9.17) is 10.7 Å². The number of benzene rings is 4. The fourth-order valence-electron chi connectivity index (χ4n) is 4.20. The van der Waals surface area contributed by atoms with E-state index in [-0.39, 0.29) is 0 Å². The van der Waals surface area contributed by atoms with Gasteiger partial charge in [-0.15, -0.1) is 0 Å². The average molecular weight is 429 g/mol. The van der Waals surface area contributed by atoms with Gasteiger partial charge in [0.15, 0.2) is 0 Å². The van der Waals surface area contributed by atoms with Crippen molar-refractivity contribution in [1.82, 2.24) is 15.0 Å². The Kier molecular flexibility index (Phi) is 4.30. The van der Waals surface area contributed by atoms with Crippen LogP contribution in [0.15, 0.2) is 91.0 Å². The van der Waals surface area contributed by atoms with Crippen LogP contribution in [-0.2, 0) is 0 Å². The molecule has 0 aliphatic heterocycles. The molecule has 2 aromatic heterocycles. The summed E-state index contributed by atoms with van der Waals surface area (Å²) in [5, 5.41) is 5.72. The highest BCUT2D eigenvalue weighted by Crippen LogP contribution is 2.33. The van der Waals surface area contributed by atoms with E-state index in [1.54, 1.807) is 12.1 Å². The van der Waals surface area contributed by atoms with Gasteiger partial charge in [0.05, 0.1) is 27.8 Å². The molecule has 4 N–H and O–H groups in total. The van der Waals surface area contributed by atoms with Crippen LogP contribution < -0.4 is 11.1 Å². The summed E-state index contributed by atoms with van der Waals surface area (Å²) in [4.78, 5) is 24.4. The summed E-state index contributed by atoms with van der Waals surface area (Å²) in [7, 11) is 0. The van der Waals surface area contributed by atoms with E-state index < -0.39 is 5.91 Å². The molecule has 0 aliphatic carbocycles. The Balaban J connectivity index is 1.39. The Bertz CT molecular complexity index is 1610. The van der Waals surface area contributed by atoms with E-state index in [0.717, 1.165) is 44.3 Å². The zero-order chi connectivity index (χ0) is 22.4. The number of aromatic nitrogens is 3. The summed E-state index contributed by atoms with van der Waals surface area (Å²) in [6.07, 6.45) is 0. The van der Waals surface area contributed by atoms with Gasteiger partial charge in [0, 0.05) is 22.0 Å². The second-order valence-electron chi connectivity index (χ2n) is 7.87. The lowest BCUT2D eigenvalue weighted by Crippen LogP contribution is -2.11. The Morgan fingerprint density at radius 1 is 0.758 bits per heavy atom. The van der Waals surface area contributed by atoms with Crippen molar-refractivity contribution in [2.75, 3.05) is 5.32 Å². The number of carbonyl (C=O) groups excluding carboxylic acids is 1. The van der Waals surface area contributed by atoms with Crippen LogP contribution in [0.4, 0.5) is 11.4 Å². The van der Waals surface area contributed by atoms with Crippen LogP contribution in [0, 0.1) is 0 Å². The molecule has 0 saturated heterocycles. The summed E-state index contributed by atoms with van der Waals surface area (Å²) in [5.41, 5.74) is 12.0.